The molecular formula is C17H20ClN. The van der Waals surface area contributed by atoms with Crippen LogP contribution < -0.4 is 5.73 Å². The Morgan fingerprint density at radius 1 is 0.947 bits per heavy atom. The summed E-state index contributed by atoms with van der Waals surface area (Å²) in [5.74, 6) is 0. The van der Waals surface area contributed by atoms with Gasteiger partial charge in [0.1, 0.15) is 0 Å². The van der Waals surface area contributed by atoms with E-state index in [1.165, 1.54) is 5.56 Å². The summed E-state index contributed by atoms with van der Waals surface area (Å²) in [5, 5.41) is 0.717. The molecule has 2 N–H and O–H groups in total. The second-order valence-corrected chi connectivity index (χ2v) is 6.28. The van der Waals surface area contributed by atoms with Crippen molar-refractivity contribution < 1.29 is 0 Å². The average molecular weight is 274 g/mol. The van der Waals surface area contributed by atoms with Crippen LogP contribution in [0.4, 0.5) is 0 Å². The van der Waals surface area contributed by atoms with Crippen LogP contribution >= 0.6 is 11.6 Å². The third kappa shape index (κ3) is 3.17. The molecule has 2 aromatic carbocycles. The highest BCUT2D eigenvalue weighted by Crippen LogP contribution is 2.28. The van der Waals surface area contributed by atoms with E-state index in [1.807, 2.05) is 24.3 Å². The summed E-state index contributed by atoms with van der Waals surface area (Å²) in [6, 6.07) is 16.0. The van der Waals surface area contributed by atoms with Gasteiger partial charge in [-0.2, -0.15) is 0 Å². The Kier molecular flexibility index (Phi) is 3.98. The van der Waals surface area contributed by atoms with Gasteiger partial charge in [-0.25, -0.2) is 0 Å². The van der Waals surface area contributed by atoms with Crippen molar-refractivity contribution in [2.45, 2.75) is 32.2 Å². The molecule has 0 aliphatic carbocycles. The number of hydrogen-bond acceptors (Lipinski definition) is 1. The average Bonchev–Trinajstić information content (AvgIpc) is 2.38. The lowest BCUT2D eigenvalue weighted by Gasteiger charge is -2.20. The molecule has 0 heterocycles. The van der Waals surface area contributed by atoms with Crippen LogP contribution in [-0.2, 0) is 5.41 Å². The molecule has 0 saturated heterocycles. The summed E-state index contributed by atoms with van der Waals surface area (Å²) < 4.78 is 0. The van der Waals surface area contributed by atoms with Crippen LogP contribution in [0.15, 0.2) is 48.5 Å². The van der Waals surface area contributed by atoms with Crippen LogP contribution in [0.1, 0.15) is 43.5 Å². The quantitative estimate of drug-likeness (QED) is 0.844. The molecule has 1 nitrogen and oxygen atoms in total. The van der Waals surface area contributed by atoms with Crippen molar-refractivity contribution in [2.75, 3.05) is 0 Å². The first-order valence-corrected chi connectivity index (χ1v) is 6.88. The molecule has 0 spiro atoms. The minimum atomic E-state index is -0.178. The van der Waals surface area contributed by atoms with Gasteiger partial charge in [-0.05, 0) is 28.2 Å². The number of benzene rings is 2. The summed E-state index contributed by atoms with van der Waals surface area (Å²) in [6.07, 6.45) is 0. The molecule has 0 aliphatic rings. The van der Waals surface area contributed by atoms with Gasteiger partial charge < -0.3 is 5.73 Å². The van der Waals surface area contributed by atoms with Gasteiger partial charge in [0.05, 0.1) is 6.04 Å². The standard InChI is InChI=1S/C17H20ClN/c1-17(2,3)13-10-8-12(9-11-13)16(19)14-6-4-5-7-15(14)18/h4-11,16H,19H2,1-3H3. The van der Waals surface area contributed by atoms with Crippen LogP contribution in [0.3, 0.4) is 0 Å². The highest BCUT2D eigenvalue weighted by atomic mass is 35.5. The molecule has 1 unspecified atom stereocenters. The number of halogens is 1. The molecule has 2 heteroatoms. The summed E-state index contributed by atoms with van der Waals surface area (Å²) >= 11 is 6.19. The van der Waals surface area contributed by atoms with Crippen LogP contribution in [0.25, 0.3) is 0 Å². The maximum atomic E-state index is 6.29. The van der Waals surface area contributed by atoms with Crippen molar-refractivity contribution in [1.82, 2.24) is 0 Å². The zero-order valence-corrected chi connectivity index (χ0v) is 12.4. The summed E-state index contributed by atoms with van der Waals surface area (Å²) in [5.41, 5.74) is 9.81. The van der Waals surface area contributed by atoms with Crippen molar-refractivity contribution in [1.29, 1.82) is 0 Å². The third-order valence-corrected chi connectivity index (χ3v) is 3.72. The second kappa shape index (κ2) is 5.36. The van der Waals surface area contributed by atoms with Crippen molar-refractivity contribution in [2.24, 2.45) is 5.73 Å². The molecule has 0 bridgehead atoms. The Morgan fingerprint density at radius 3 is 2.05 bits per heavy atom. The molecule has 0 saturated carbocycles. The minimum Gasteiger partial charge on any atom is -0.320 e. The van der Waals surface area contributed by atoms with E-state index in [0.29, 0.717) is 0 Å². The number of nitrogens with two attached hydrogens (primary N) is 1. The lowest BCUT2D eigenvalue weighted by atomic mass is 9.86. The molecular weight excluding hydrogens is 254 g/mol. The van der Waals surface area contributed by atoms with Gasteiger partial charge in [0.15, 0.2) is 0 Å². The van der Waals surface area contributed by atoms with Gasteiger partial charge in [-0.3, -0.25) is 0 Å². The molecule has 100 valence electrons. The van der Waals surface area contributed by atoms with Gasteiger partial charge in [0.25, 0.3) is 0 Å². The van der Waals surface area contributed by atoms with Gasteiger partial charge in [-0.1, -0.05) is 74.8 Å². The Balaban J connectivity index is 2.31. The zero-order valence-electron chi connectivity index (χ0n) is 11.7. The lowest BCUT2D eigenvalue weighted by Crippen LogP contribution is -2.14. The minimum absolute atomic E-state index is 0.160. The largest absolute Gasteiger partial charge is 0.320 e. The van der Waals surface area contributed by atoms with E-state index < -0.39 is 0 Å². The summed E-state index contributed by atoms with van der Waals surface area (Å²) in [6.45, 7) is 6.61. The van der Waals surface area contributed by atoms with E-state index in [2.05, 4.69) is 45.0 Å². The van der Waals surface area contributed by atoms with Gasteiger partial charge >= 0.3 is 0 Å². The van der Waals surface area contributed by atoms with E-state index in [9.17, 15) is 0 Å². The maximum absolute atomic E-state index is 6.29. The molecule has 0 aliphatic heterocycles. The fraction of sp³-hybridized carbons (Fsp3) is 0.294. The van der Waals surface area contributed by atoms with E-state index in [1.54, 1.807) is 0 Å². The van der Waals surface area contributed by atoms with E-state index >= 15 is 0 Å². The van der Waals surface area contributed by atoms with Crippen LogP contribution in [-0.4, -0.2) is 0 Å². The fourth-order valence-electron chi connectivity index (χ4n) is 2.10. The smallest absolute Gasteiger partial charge is 0.0566 e. The number of rotatable bonds is 2. The Bertz CT molecular complexity index is 552. The van der Waals surface area contributed by atoms with E-state index in [-0.39, 0.29) is 11.5 Å². The van der Waals surface area contributed by atoms with Gasteiger partial charge in [0.2, 0.25) is 0 Å². The first-order chi connectivity index (χ1) is 8.89. The normalized spacial score (nSPS) is 13.3. The van der Waals surface area contributed by atoms with Crippen molar-refractivity contribution in [3.8, 4) is 0 Å². The SMILES string of the molecule is CC(C)(C)c1ccc(C(N)c2ccccc2Cl)cc1. The van der Waals surface area contributed by atoms with E-state index in [4.69, 9.17) is 17.3 Å². The second-order valence-electron chi connectivity index (χ2n) is 5.87. The molecule has 2 rings (SSSR count). The first-order valence-electron chi connectivity index (χ1n) is 6.50. The highest BCUT2D eigenvalue weighted by molar-refractivity contribution is 6.31. The molecule has 0 radical (unpaired) electrons. The topological polar surface area (TPSA) is 26.0 Å². The van der Waals surface area contributed by atoms with Gasteiger partial charge in [-0.15, -0.1) is 0 Å². The predicted molar refractivity (Wildman–Crippen MR) is 82.6 cm³/mol. The van der Waals surface area contributed by atoms with Gasteiger partial charge in [0, 0.05) is 5.02 Å². The predicted octanol–water partition coefficient (Wildman–Crippen LogP) is 4.69. The zero-order chi connectivity index (χ0) is 14.0. The fourth-order valence-corrected chi connectivity index (χ4v) is 2.35. The lowest BCUT2D eigenvalue weighted by molar-refractivity contribution is 0.589. The van der Waals surface area contributed by atoms with Crippen molar-refractivity contribution in [3.63, 3.8) is 0 Å². The molecule has 1 atom stereocenters. The molecule has 19 heavy (non-hydrogen) atoms. The van der Waals surface area contributed by atoms with Crippen molar-refractivity contribution >= 4 is 11.6 Å². The molecule has 0 fully saturated rings. The summed E-state index contributed by atoms with van der Waals surface area (Å²) in [4.78, 5) is 0. The maximum Gasteiger partial charge on any atom is 0.0566 e. The summed E-state index contributed by atoms with van der Waals surface area (Å²) in [7, 11) is 0. The Morgan fingerprint density at radius 2 is 1.53 bits per heavy atom. The molecule has 2 aromatic rings. The van der Waals surface area contributed by atoms with Crippen molar-refractivity contribution in [3.05, 3.63) is 70.2 Å². The third-order valence-electron chi connectivity index (χ3n) is 3.38. The number of hydrogen-bond donors (Lipinski definition) is 1. The first kappa shape index (κ1) is 14.1. The van der Waals surface area contributed by atoms with Crippen LogP contribution in [0.2, 0.25) is 5.02 Å². The molecule has 0 amide bonds. The Labute approximate surface area is 120 Å². The highest BCUT2D eigenvalue weighted by Gasteiger charge is 2.15. The van der Waals surface area contributed by atoms with E-state index in [0.717, 1.165) is 16.1 Å². The molecule has 0 aromatic heterocycles. The monoisotopic (exact) mass is 273 g/mol. The van der Waals surface area contributed by atoms with Crippen LogP contribution in [0.5, 0.6) is 0 Å². The van der Waals surface area contributed by atoms with Crippen LogP contribution in [0, 0.1) is 0 Å². The Hall–Kier alpha value is -1.31.